The average Bonchev–Trinajstić information content (AvgIpc) is 2.81. The number of ether oxygens (including phenoxy) is 1. The summed E-state index contributed by atoms with van der Waals surface area (Å²) in [4.78, 5) is 8.07. The molecule has 1 fully saturated rings. The minimum absolute atomic E-state index is 0.227. The Hall–Kier alpha value is -1.39. The molecule has 3 rings (SSSR count). The summed E-state index contributed by atoms with van der Waals surface area (Å²) in [5.41, 5.74) is 2.13. The van der Waals surface area contributed by atoms with E-state index in [4.69, 9.17) is 4.74 Å². The molecule has 0 spiro atoms. The van der Waals surface area contributed by atoms with Crippen molar-refractivity contribution in [3.8, 4) is 0 Å². The smallest absolute Gasteiger partial charge is 0.124 e. The maximum atomic E-state index is 5.79. The highest BCUT2D eigenvalue weighted by molar-refractivity contribution is 5.74. The Morgan fingerprint density at radius 3 is 2.65 bits per heavy atom. The van der Waals surface area contributed by atoms with Gasteiger partial charge in [-0.05, 0) is 45.7 Å². The molecule has 4 heteroatoms. The van der Waals surface area contributed by atoms with Gasteiger partial charge in [0.2, 0.25) is 0 Å². The lowest BCUT2D eigenvalue weighted by Gasteiger charge is -2.34. The van der Waals surface area contributed by atoms with E-state index < -0.39 is 0 Å². The third kappa shape index (κ3) is 2.86. The summed E-state index contributed by atoms with van der Waals surface area (Å²) in [6.45, 7) is 6.47. The van der Waals surface area contributed by atoms with E-state index in [0.717, 1.165) is 29.7 Å². The first-order chi connectivity index (χ1) is 9.61. The highest BCUT2D eigenvalue weighted by atomic mass is 16.5. The number of hydrogen-bond donors (Lipinski definition) is 2. The van der Waals surface area contributed by atoms with Crippen molar-refractivity contribution in [1.82, 2.24) is 15.3 Å². The van der Waals surface area contributed by atoms with Crippen LogP contribution in [0.1, 0.15) is 45.5 Å². The Morgan fingerprint density at radius 2 is 1.95 bits per heavy atom. The van der Waals surface area contributed by atoms with Crippen molar-refractivity contribution in [1.29, 1.82) is 0 Å². The van der Waals surface area contributed by atoms with Crippen molar-refractivity contribution in [3.05, 3.63) is 30.1 Å². The number of nitrogens with one attached hydrogen (secondary N) is 2. The fraction of sp³-hybridized carbons (Fsp3) is 0.562. The third-order valence-electron chi connectivity index (χ3n) is 4.00. The number of aromatic nitrogens is 2. The van der Waals surface area contributed by atoms with Gasteiger partial charge in [-0.3, -0.25) is 0 Å². The number of benzene rings is 1. The van der Waals surface area contributed by atoms with Crippen molar-refractivity contribution in [2.45, 2.75) is 57.9 Å². The van der Waals surface area contributed by atoms with Crippen LogP contribution in [0, 0.1) is 0 Å². The normalized spacial score (nSPS) is 28.6. The van der Waals surface area contributed by atoms with Crippen LogP contribution in [0.5, 0.6) is 0 Å². The Morgan fingerprint density at radius 1 is 1.25 bits per heavy atom. The molecule has 3 atom stereocenters. The zero-order valence-corrected chi connectivity index (χ0v) is 12.4. The molecule has 0 saturated carbocycles. The number of nitrogens with zero attached hydrogens (tertiary/aromatic N) is 1. The van der Waals surface area contributed by atoms with Gasteiger partial charge in [0.05, 0.1) is 29.3 Å². The molecule has 1 aliphatic heterocycles. The van der Waals surface area contributed by atoms with Crippen LogP contribution in [-0.2, 0) is 4.74 Å². The summed E-state index contributed by atoms with van der Waals surface area (Å²) in [6, 6.07) is 8.89. The Kier molecular flexibility index (Phi) is 3.76. The molecule has 0 aliphatic carbocycles. The van der Waals surface area contributed by atoms with E-state index in [1.165, 1.54) is 0 Å². The summed E-state index contributed by atoms with van der Waals surface area (Å²) in [7, 11) is 0. The molecule has 0 bridgehead atoms. The Labute approximate surface area is 119 Å². The molecule has 20 heavy (non-hydrogen) atoms. The molecule has 108 valence electrons. The zero-order chi connectivity index (χ0) is 14.1. The molecule has 2 heterocycles. The zero-order valence-electron chi connectivity index (χ0n) is 12.4. The molecular formula is C16H23N3O. The van der Waals surface area contributed by atoms with Crippen molar-refractivity contribution in [3.63, 3.8) is 0 Å². The first-order valence-corrected chi connectivity index (χ1v) is 7.48. The minimum Gasteiger partial charge on any atom is -0.375 e. The lowest BCUT2D eigenvalue weighted by Crippen LogP contribution is -2.42. The summed E-state index contributed by atoms with van der Waals surface area (Å²) in [6.07, 6.45) is 2.79. The molecule has 1 saturated heterocycles. The fourth-order valence-corrected chi connectivity index (χ4v) is 3.15. The van der Waals surface area contributed by atoms with Gasteiger partial charge in [0.15, 0.2) is 0 Å². The van der Waals surface area contributed by atoms with Crippen LogP contribution in [-0.4, -0.2) is 28.2 Å². The molecule has 0 radical (unpaired) electrons. The van der Waals surface area contributed by atoms with Gasteiger partial charge in [-0.2, -0.15) is 0 Å². The molecule has 2 aromatic rings. The van der Waals surface area contributed by atoms with E-state index in [-0.39, 0.29) is 6.04 Å². The van der Waals surface area contributed by atoms with Crippen LogP contribution >= 0.6 is 0 Å². The quantitative estimate of drug-likeness (QED) is 0.903. The van der Waals surface area contributed by atoms with Gasteiger partial charge in [-0.15, -0.1) is 0 Å². The van der Waals surface area contributed by atoms with Crippen molar-refractivity contribution < 1.29 is 4.74 Å². The van der Waals surface area contributed by atoms with Gasteiger partial charge in [-0.25, -0.2) is 4.98 Å². The monoisotopic (exact) mass is 273 g/mol. The van der Waals surface area contributed by atoms with E-state index in [9.17, 15) is 0 Å². The summed E-state index contributed by atoms with van der Waals surface area (Å²) in [5, 5.41) is 3.68. The topological polar surface area (TPSA) is 49.9 Å². The minimum atomic E-state index is 0.227. The molecule has 1 aliphatic rings. The summed E-state index contributed by atoms with van der Waals surface area (Å²) in [5.74, 6) is 1.01. The number of para-hydroxylation sites is 2. The van der Waals surface area contributed by atoms with E-state index in [2.05, 4.69) is 42.1 Å². The summed E-state index contributed by atoms with van der Waals surface area (Å²) >= 11 is 0. The molecule has 4 nitrogen and oxygen atoms in total. The SMILES string of the molecule is CC1CC(NC(C)c2nc3ccccc3[nH]2)CC(C)O1. The van der Waals surface area contributed by atoms with Gasteiger partial charge in [0.1, 0.15) is 5.82 Å². The molecule has 2 N–H and O–H groups in total. The number of imidazole rings is 1. The number of hydrogen-bond acceptors (Lipinski definition) is 3. The Balaban J connectivity index is 1.70. The van der Waals surface area contributed by atoms with Crippen LogP contribution in [0.25, 0.3) is 11.0 Å². The number of fused-ring (bicyclic) bond motifs is 1. The van der Waals surface area contributed by atoms with E-state index in [1.807, 2.05) is 18.2 Å². The molecule has 3 unspecified atom stereocenters. The maximum Gasteiger partial charge on any atom is 0.124 e. The highest BCUT2D eigenvalue weighted by Crippen LogP contribution is 2.22. The van der Waals surface area contributed by atoms with Gasteiger partial charge < -0.3 is 15.0 Å². The van der Waals surface area contributed by atoms with E-state index in [1.54, 1.807) is 0 Å². The predicted molar refractivity (Wildman–Crippen MR) is 80.7 cm³/mol. The second-order valence-electron chi connectivity index (χ2n) is 5.95. The van der Waals surface area contributed by atoms with Crippen molar-refractivity contribution in [2.24, 2.45) is 0 Å². The van der Waals surface area contributed by atoms with Gasteiger partial charge in [0.25, 0.3) is 0 Å². The second kappa shape index (κ2) is 5.54. The molecule has 1 aromatic heterocycles. The van der Waals surface area contributed by atoms with E-state index >= 15 is 0 Å². The molecule has 1 aromatic carbocycles. The van der Waals surface area contributed by atoms with Gasteiger partial charge in [-0.1, -0.05) is 12.1 Å². The highest BCUT2D eigenvalue weighted by Gasteiger charge is 2.26. The third-order valence-corrected chi connectivity index (χ3v) is 4.00. The van der Waals surface area contributed by atoms with Crippen LogP contribution < -0.4 is 5.32 Å². The number of aromatic amines is 1. The first kappa shape index (κ1) is 13.6. The average molecular weight is 273 g/mol. The lowest BCUT2D eigenvalue weighted by atomic mass is 9.99. The molecular weight excluding hydrogens is 250 g/mol. The van der Waals surface area contributed by atoms with Gasteiger partial charge in [0, 0.05) is 6.04 Å². The van der Waals surface area contributed by atoms with Crippen LogP contribution in [0.3, 0.4) is 0 Å². The largest absolute Gasteiger partial charge is 0.375 e. The number of H-pyrrole nitrogens is 1. The number of rotatable bonds is 3. The Bertz CT molecular complexity index is 537. The second-order valence-corrected chi connectivity index (χ2v) is 5.95. The predicted octanol–water partition coefficient (Wildman–Crippen LogP) is 3.17. The van der Waals surface area contributed by atoms with Crippen LogP contribution in [0.4, 0.5) is 0 Å². The van der Waals surface area contributed by atoms with Gasteiger partial charge >= 0.3 is 0 Å². The van der Waals surface area contributed by atoms with Crippen molar-refractivity contribution >= 4 is 11.0 Å². The van der Waals surface area contributed by atoms with E-state index in [0.29, 0.717) is 18.2 Å². The van der Waals surface area contributed by atoms with Crippen LogP contribution in [0.2, 0.25) is 0 Å². The standard InChI is InChI=1S/C16H23N3O/c1-10-8-13(9-11(2)20-10)17-12(3)16-18-14-6-4-5-7-15(14)19-16/h4-7,10-13,17H,8-9H2,1-3H3,(H,18,19). The lowest BCUT2D eigenvalue weighted by molar-refractivity contribution is -0.0434. The fourth-order valence-electron chi connectivity index (χ4n) is 3.15. The van der Waals surface area contributed by atoms with Crippen LogP contribution in [0.15, 0.2) is 24.3 Å². The molecule has 0 amide bonds. The maximum absolute atomic E-state index is 5.79. The van der Waals surface area contributed by atoms with Crippen molar-refractivity contribution in [2.75, 3.05) is 0 Å². The summed E-state index contributed by atoms with van der Waals surface area (Å²) < 4.78 is 5.79. The first-order valence-electron chi connectivity index (χ1n) is 7.48.